The minimum atomic E-state index is -4.79. The van der Waals surface area contributed by atoms with Crippen molar-refractivity contribution in [2.45, 2.75) is 94.0 Å². The predicted molar refractivity (Wildman–Crippen MR) is 295 cm³/mol. The predicted octanol–water partition coefficient (Wildman–Crippen LogP) is 9.95. The summed E-state index contributed by atoms with van der Waals surface area (Å²) in [6.45, 7) is 10.2. The van der Waals surface area contributed by atoms with Gasteiger partial charge in [0.2, 0.25) is 0 Å². The van der Waals surface area contributed by atoms with Gasteiger partial charge in [-0.15, -0.1) is 0 Å². The fraction of sp³-hybridized carbons (Fsp3) is 0.448. The summed E-state index contributed by atoms with van der Waals surface area (Å²) in [4.78, 5) is 41.7. The van der Waals surface area contributed by atoms with E-state index in [0.717, 1.165) is 94.0 Å². The van der Waals surface area contributed by atoms with E-state index in [4.69, 9.17) is 14.2 Å². The van der Waals surface area contributed by atoms with E-state index < -0.39 is 48.5 Å². The van der Waals surface area contributed by atoms with Gasteiger partial charge in [-0.3, -0.25) is 24.7 Å². The third kappa shape index (κ3) is 11.8. The molecule has 414 valence electrons. The Kier molecular flexibility index (Phi) is 15.8. The van der Waals surface area contributed by atoms with Crippen molar-refractivity contribution in [3.05, 3.63) is 141 Å². The number of sulfonamides is 1. The highest BCUT2D eigenvalue weighted by molar-refractivity contribution is 7.90. The number of rotatable bonds is 18. The lowest BCUT2D eigenvalue weighted by atomic mass is 9.59. The van der Waals surface area contributed by atoms with E-state index in [-0.39, 0.29) is 66.9 Å². The van der Waals surface area contributed by atoms with Gasteiger partial charge >= 0.3 is 0 Å². The largest absolute Gasteiger partial charge is 0.496 e. The summed E-state index contributed by atoms with van der Waals surface area (Å²) < 4.78 is 78.9. The molecule has 1 aliphatic carbocycles. The van der Waals surface area contributed by atoms with Gasteiger partial charge in [-0.1, -0.05) is 50.2 Å². The van der Waals surface area contributed by atoms with Crippen molar-refractivity contribution >= 4 is 44.0 Å². The first-order chi connectivity index (χ1) is 37.4. The maximum Gasteiger partial charge on any atom is 0.293 e. The maximum atomic E-state index is 16.6. The van der Waals surface area contributed by atoms with E-state index in [0.29, 0.717) is 36.1 Å². The Balaban J connectivity index is 0.847. The Morgan fingerprint density at radius 3 is 2.47 bits per heavy atom. The van der Waals surface area contributed by atoms with Crippen molar-refractivity contribution in [1.29, 1.82) is 0 Å². The molecule has 3 N–H and O–H groups in total. The van der Waals surface area contributed by atoms with Crippen LogP contribution in [0.15, 0.2) is 102 Å². The number of carbonyl (C=O) groups is 1. The molecule has 1 amide bonds. The van der Waals surface area contributed by atoms with Crippen LogP contribution in [-0.4, -0.2) is 129 Å². The summed E-state index contributed by atoms with van der Waals surface area (Å²) in [7, 11) is 1.07. The summed E-state index contributed by atoms with van der Waals surface area (Å²) in [6.07, 6.45) is 7.06. The third-order valence-corrected chi connectivity index (χ3v) is 17.6. The lowest BCUT2D eigenvalue weighted by molar-refractivity contribution is -0.384. The Morgan fingerprint density at radius 2 is 1.74 bits per heavy atom. The molecule has 5 heterocycles. The number of nitrogens with zero attached hydrogens (tertiary/aromatic N) is 6. The molecule has 4 fully saturated rings. The lowest BCUT2D eigenvalue weighted by Gasteiger charge is -2.58. The number of methoxy groups -OCH3 is 1. The zero-order valence-electron chi connectivity index (χ0n) is 44.9. The molecule has 2 aromatic heterocycles. The Morgan fingerprint density at radius 1 is 0.974 bits per heavy atom. The van der Waals surface area contributed by atoms with Crippen molar-refractivity contribution in [1.82, 2.24) is 29.4 Å². The summed E-state index contributed by atoms with van der Waals surface area (Å²) >= 11 is 0. The molecular weight excluding hydrogens is 1020 g/mol. The average molecular weight is 1090 g/mol. The van der Waals surface area contributed by atoms with Gasteiger partial charge in [0.15, 0.2) is 0 Å². The molecule has 3 aliphatic heterocycles. The zero-order chi connectivity index (χ0) is 54.9. The summed E-state index contributed by atoms with van der Waals surface area (Å²) in [5.74, 6) is -0.602. The third-order valence-electron chi connectivity index (χ3n) is 16.3. The number of amides is 1. The zero-order valence-corrected chi connectivity index (χ0v) is 45.7. The van der Waals surface area contributed by atoms with Crippen LogP contribution >= 0.6 is 0 Å². The van der Waals surface area contributed by atoms with Crippen LogP contribution in [0.3, 0.4) is 0 Å². The van der Waals surface area contributed by atoms with Crippen LogP contribution in [0.1, 0.15) is 96.9 Å². The topological polar surface area (TPSA) is 188 Å². The van der Waals surface area contributed by atoms with Crippen LogP contribution < -0.4 is 24.4 Å². The summed E-state index contributed by atoms with van der Waals surface area (Å²) in [6, 6.07) is 24.9. The molecule has 1 saturated carbocycles. The van der Waals surface area contributed by atoms with Gasteiger partial charge in [0.25, 0.3) is 21.6 Å². The number of fused-ring (bicyclic) bond motifs is 1. The van der Waals surface area contributed by atoms with Gasteiger partial charge in [0.1, 0.15) is 40.1 Å². The number of aromatic nitrogens is 2. The number of hydrogen-bond donors (Lipinski definition) is 3. The molecule has 3 saturated heterocycles. The molecule has 0 radical (unpaired) electrons. The molecule has 0 bridgehead atoms. The molecule has 1 atom stereocenters. The number of alkyl halides is 1. The minimum absolute atomic E-state index is 0.0798. The number of nitro groups is 1. The van der Waals surface area contributed by atoms with Crippen molar-refractivity contribution in [2.75, 3.05) is 83.9 Å². The van der Waals surface area contributed by atoms with Crippen molar-refractivity contribution in [3.63, 3.8) is 0 Å². The highest BCUT2D eigenvalue weighted by Gasteiger charge is 2.50. The van der Waals surface area contributed by atoms with E-state index in [2.05, 4.69) is 100 Å². The molecule has 6 aromatic rings. The van der Waals surface area contributed by atoms with Crippen LogP contribution in [0.25, 0.3) is 11.0 Å². The number of benzene rings is 4. The first-order valence-corrected chi connectivity index (χ1v) is 28.3. The number of nitrogens with one attached hydrogen (secondary N) is 3. The van der Waals surface area contributed by atoms with Crippen molar-refractivity contribution in [3.8, 4) is 17.2 Å². The van der Waals surface area contributed by atoms with Gasteiger partial charge in [0.05, 0.1) is 34.4 Å². The van der Waals surface area contributed by atoms with E-state index in [9.17, 15) is 23.3 Å². The maximum absolute atomic E-state index is 16.6. The number of piperazine rings is 1. The fourth-order valence-corrected chi connectivity index (χ4v) is 13.0. The lowest BCUT2D eigenvalue weighted by Crippen LogP contribution is -2.60. The molecule has 1 spiro atoms. The van der Waals surface area contributed by atoms with E-state index in [1.807, 2.05) is 9.62 Å². The number of carbonyl (C=O) groups excluding carboxylic acids is 1. The summed E-state index contributed by atoms with van der Waals surface area (Å²) in [5.41, 5.74) is 3.18. The number of aromatic amines is 1. The number of nitro benzene ring substituents is 1. The van der Waals surface area contributed by atoms with E-state index in [1.165, 1.54) is 29.0 Å². The quantitative estimate of drug-likeness (QED) is 0.0545. The highest BCUT2D eigenvalue weighted by atomic mass is 32.2. The number of piperidine rings is 1. The van der Waals surface area contributed by atoms with Gasteiger partial charge in [-0.2, -0.15) is 0 Å². The Bertz CT molecular complexity index is 3280. The van der Waals surface area contributed by atoms with Crippen molar-refractivity contribution < 1.29 is 41.1 Å². The first kappa shape index (κ1) is 54.6. The minimum Gasteiger partial charge on any atom is -0.496 e. The second-order valence-electron chi connectivity index (χ2n) is 22.2. The molecule has 4 aliphatic rings. The fourth-order valence-electron chi connectivity index (χ4n) is 12.0. The molecule has 17 nitrogen and oxygen atoms in total. The highest BCUT2D eigenvalue weighted by Crippen LogP contribution is 2.54. The number of pyridine rings is 1. The summed E-state index contributed by atoms with van der Waals surface area (Å²) in [5, 5.41) is 15.6. The number of hydrogen-bond acceptors (Lipinski definition) is 14. The molecule has 78 heavy (non-hydrogen) atoms. The molecular formula is C58H69F2N9O8S. The van der Waals surface area contributed by atoms with Gasteiger partial charge in [0, 0.05) is 120 Å². The Hall–Kier alpha value is -6.71. The second kappa shape index (κ2) is 22.6. The van der Waals surface area contributed by atoms with Crippen LogP contribution in [0.2, 0.25) is 0 Å². The van der Waals surface area contributed by atoms with Gasteiger partial charge in [-0.05, 0) is 104 Å². The van der Waals surface area contributed by atoms with Crippen LogP contribution in [0.5, 0.6) is 17.2 Å². The molecule has 0 unspecified atom stereocenters. The number of anilines is 2. The van der Waals surface area contributed by atoms with Crippen molar-refractivity contribution in [2.24, 2.45) is 5.41 Å². The monoisotopic (exact) mass is 1090 g/mol. The average Bonchev–Trinajstić information content (AvgIpc) is 3.97. The number of halogens is 2. The van der Waals surface area contributed by atoms with E-state index >= 15 is 8.78 Å². The molecule has 20 heteroatoms. The second-order valence-corrected chi connectivity index (χ2v) is 23.9. The van der Waals surface area contributed by atoms with Crippen LogP contribution in [-0.2, 0) is 27.8 Å². The van der Waals surface area contributed by atoms with Crippen LogP contribution in [0, 0.1) is 21.3 Å². The standard InChI is InChI=1S/C58H69F2N9O8S/c1-38(2)45-8-6-7-9-46(45)52-36-66(34-39-10-11-41(35-65(3)4)53(26-39)75-5)22-23-68(52)42-31-57(32-42)15-20-67(21-16-57)50-30-54(77-43-27-40-14-19-61-55(40)62-33-43)47(29-48(50)59)56(70)64-78(73,74)44-12-13-49(51(28-44)69(71)72)63-37-58(60)17-24-76-25-18-58/h6-14,19,26-30,33,38,42,52,63H,15-18,20-25,31-32,34-37H2,1-5H3,(H,61,62)(H,64,70)/t52-/m0/s1. The van der Waals surface area contributed by atoms with Crippen LogP contribution in [0.4, 0.5) is 25.8 Å². The smallest absolute Gasteiger partial charge is 0.293 e. The Labute approximate surface area is 454 Å². The number of H-pyrrole nitrogens is 1. The van der Waals surface area contributed by atoms with Gasteiger partial charge < -0.3 is 34.3 Å². The SMILES string of the molecule is COc1cc(CN2CCN(C3CC4(CCN(c5cc(Oc6cnc7[nH]ccc7c6)c(C(=O)NS(=O)(=O)c6ccc(NCC7(F)CCOCC7)c([N+](=O)[O-])c6)cc5F)CC4)C3)[C@H](c3ccccc3C(C)C)C2)ccc1CN(C)C. The normalized spacial score (nSPS) is 19.0. The van der Waals surface area contributed by atoms with E-state index in [1.54, 1.807) is 25.4 Å². The number of ether oxygens (including phenoxy) is 3. The first-order valence-electron chi connectivity index (χ1n) is 26.8. The molecule has 4 aromatic carbocycles. The van der Waals surface area contributed by atoms with Gasteiger partial charge in [-0.25, -0.2) is 26.9 Å². The molecule has 10 rings (SSSR count).